The van der Waals surface area contributed by atoms with Gasteiger partial charge in [0.25, 0.3) is 0 Å². The average Bonchev–Trinajstić information content (AvgIpc) is 2.90. The fourth-order valence-corrected chi connectivity index (χ4v) is 4.42. The van der Waals surface area contributed by atoms with Crippen molar-refractivity contribution >= 4 is 11.9 Å². The Balaban J connectivity index is 1.47. The number of rotatable bonds is 21. The van der Waals surface area contributed by atoms with E-state index in [-0.39, 0.29) is 0 Å². The minimum Gasteiger partial charge on any atom is -0.494 e. The highest BCUT2D eigenvalue weighted by molar-refractivity contribution is 5.81. The Hall–Kier alpha value is -2.09. The Morgan fingerprint density at radius 2 is 1.09 bits per heavy atom. The molecule has 0 atom stereocenters. The molecule has 0 aliphatic rings. The molecule has 2 nitrogen and oxygen atoms in total. The summed E-state index contributed by atoms with van der Waals surface area (Å²) in [5.74, 6) is 0.943. The first-order chi connectivity index (χ1) is 17.3. The minimum atomic E-state index is 0.811. The van der Waals surface area contributed by atoms with Gasteiger partial charge in [-0.25, -0.2) is 0 Å². The monoisotopic (exact) mass is 477 g/mol. The van der Waals surface area contributed by atoms with Crippen LogP contribution in [0.1, 0.15) is 128 Å². The van der Waals surface area contributed by atoms with E-state index in [1.165, 1.54) is 102 Å². The van der Waals surface area contributed by atoms with E-state index in [1.807, 2.05) is 30.5 Å². The highest BCUT2D eigenvalue weighted by Gasteiger charge is 1.98. The lowest BCUT2D eigenvalue weighted by Gasteiger charge is -2.06. The molecule has 0 saturated carbocycles. The zero-order valence-electron chi connectivity index (χ0n) is 22.8. The summed E-state index contributed by atoms with van der Waals surface area (Å²) in [7, 11) is 0. The summed E-state index contributed by atoms with van der Waals surface area (Å²) >= 11 is 0. The van der Waals surface area contributed by atoms with Gasteiger partial charge >= 0.3 is 0 Å². The smallest absolute Gasteiger partial charge is 0.119 e. The lowest BCUT2D eigenvalue weighted by molar-refractivity contribution is 0.304. The molecule has 35 heavy (non-hydrogen) atoms. The molecular formula is C33H51NO. The van der Waals surface area contributed by atoms with Crippen LogP contribution in [0.5, 0.6) is 5.75 Å². The van der Waals surface area contributed by atoms with Gasteiger partial charge in [-0.2, -0.15) is 0 Å². The van der Waals surface area contributed by atoms with Crippen molar-refractivity contribution in [1.82, 2.24) is 0 Å². The molecule has 0 bridgehead atoms. The minimum absolute atomic E-state index is 0.811. The third kappa shape index (κ3) is 14.8. The fraction of sp³-hybridized carbons (Fsp3) is 0.606. The number of aryl methyl sites for hydroxylation is 1. The van der Waals surface area contributed by atoms with E-state index in [0.717, 1.165) is 36.4 Å². The van der Waals surface area contributed by atoms with Crippen LogP contribution in [0.15, 0.2) is 53.5 Å². The number of unbranched alkanes of at least 4 members (excludes halogenated alkanes) is 14. The number of hydrogen-bond donors (Lipinski definition) is 0. The summed E-state index contributed by atoms with van der Waals surface area (Å²) in [6, 6.07) is 16.9. The Kier molecular flexibility index (Phi) is 16.8. The molecule has 2 aromatic rings. The molecule has 0 N–H and O–H groups in total. The summed E-state index contributed by atoms with van der Waals surface area (Å²) in [4.78, 5) is 4.61. The quantitative estimate of drug-likeness (QED) is 0.129. The van der Waals surface area contributed by atoms with E-state index in [4.69, 9.17) is 4.74 Å². The van der Waals surface area contributed by atoms with Gasteiger partial charge in [0.1, 0.15) is 5.75 Å². The van der Waals surface area contributed by atoms with Crippen LogP contribution in [-0.2, 0) is 6.42 Å². The molecule has 0 saturated heterocycles. The van der Waals surface area contributed by atoms with Crippen molar-refractivity contribution in [2.45, 2.75) is 123 Å². The van der Waals surface area contributed by atoms with E-state index in [0.29, 0.717) is 0 Å². The normalized spacial score (nSPS) is 11.4. The molecule has 0 aromatic heterocycles. The molecule has 0 spiro atoms. The predicted octanol–water partition coefficient (Wildman–Crippen LogP) is 10.6. The van der Waals surface area contributed by atoms with E-state index in [9.17, 15) is 0 Å². The molecule has 0 amide bonds. The summed E-state index contributed by atoms with van der Waals surface area (Å²) in [6.07, 6.45) is 25.0. The first kappa shape index (κ1) is 29.1. The lowest BCUT2D eigenvalue weighted by Crippen LogP contribution is -1.97. The maximum Gasteiger partial charge on any atom is 0.119 e. The molecular weight excluding hydrogens is 426 g/mol. The molecule has 0 fully saturated rings. The summed E-state index contributed by atoms with van der Waals surface area (Å²) in [5.41, 5.74) is 3.51. The largest absolute Gasteiger partial charge is 0.494 e. The van der Waals surface area contributed by atoms with Gasteiger partial charge in [0.05, 0.1) is 12.3 Å². The van der Waals surface area contributed by atoms with Crippen LogP contribution in [0.3, 0.4) is 0 Å². The molecule has 2 aromatic carbocycles. The van der Waals surface area contributed by atoms with Gasteiger partial charge in [-0.05, 0) is 54.7 Å². The summed E-state index contributed by atoms with van der Waals surface area (Å²) in [5, 5.41) is 0. The van der Waals surface area contributed by atoms with Gasteiger partial charge in [0, 0.05) is 6.21 Å². The standard InChI is InChI=1S/C33H51NO/c1-3-5-7-8-9-10-11-12-13-14-15-16-17-18-28-35-33-26-24-32(25-27-33)34-29-31-22-20-30(21-23-31)19-6-4-2/h20-27,29H,3-19,28H2,1-2H3. The molecule has 0 radical (unpaired) electrons. The third-order valence-corrected chi connectivity index (χ3v) is 6.76. The number of hydrogen-bond acceptors (Lipinski definition) is 2. The fourth-order valence-electron chi connectivity index (χ4n) is 4.42. The van der Waals surface area contributed by atoms with Crippen LogP contribution in [0.2, 0.25) is 0 Å². The molecule has 2 heteroatoms. The van der Waals surface area contributed by atoms with Crippen molar-refractivity contribution in [2.75, 3.05) is 6.61 Å². The van der Waals surface area contributed by atoms with Crippen LogP contribution >= 0.6 is 0 Å². The molecule has 0 aliphatic heterocycles. The second-order valence-electron chi connectivity index (χ2n) is 10.0. The number of ether oxygens (including phenoxy) is 1. The number of aliphatic imine (C=N–C) groups is 1. The number of benzene rings is 2. The SMILES string of the molecule is CCCCCCCCCCCCCCCCOc1ccc(N=Cc2ccc(CCCC)cc2)cc1. The van der Waals surface area contributed by atoms with Crippen molar-refractivity contribution in [3.05, 3.63) is 59.7 Å². The Bertz CT molecular complexity index is 763. The van der Waals surface area contributed by atoms with Gasteiger partial charge in [-0.3, -0.25) is 4.99 Å². The van der Waals surface area contributed by atoms with Crippen LogP contribution in [0.25, 0.3) is 0 Å². The van der Waals surface area contributed by atoms with Crippen molar-refractivity contribution in [3.63, 3.8) is 0 Å². The molecule has 2 rings (SSSR count). The van der Waals surface area contributed by atoms with Crippen molar-refractivity contribution in [2.24, 2.45) is 4.99 Å². The highest BCUT2D eigenvalue weighted by atomic mass is 16.5. The van der Waals surface area contributed by atoms with Gasteiger partial charge in [0.15, 0.2) is 0 Å². The van der Waals surface area contributed by atoms with E-state index < -0.39 is 0 Å². The maximum atomic E-state index is 5.92. The second-order valence-corrected chi connectivity index (χ2v) is 10.0. The topological polar surface area (TPSA) is 21.6 Å². The maximum absolute atomic E-state index is 5.92. The Morgan fingerprint density at radius 1 is 0.571 bits per heavy atom. The highest BCUT2D eigenvalue weighted by Crippen LogP contribution is 2.19. The Labute approximate surface area is 216 Å². The van der Waals surface area contributed by atoms with E-state index >= 15 is 0 Å². The van der Waals surface area contributed by atoms with E-state index in [1.54, 1.807) is 0 Å². The van der Waals surface area contributed by atoms with E-state index in [2.05, 4.69) is 43.1 Å². The van der Waals surface area contributed by atoms with Crippen molar-refractivity contribution in [3.8, 4) is 5.75 Å². The summed E-state index contributed by atoms with van der Waals surface area (Å²) in [6.45, 7) is 5.33. The lowest BCUT2D eigenvalue weighted by atomic mass is 10.0. The van der Waals surface area contributed by atoms with Crippen molar-refractivity contribution < 1.29 is 4.74 Å². The van der Waals surface area contributed by atoms with Crippen LogP contribution in [-0.4, -0.2) is 12.8 Å². The third-order valence-electron chi connectivity index (χ3n) is 6.76. The summed E-state index contributed by atoms with van der Waals surface area (Å²) < 4.78 is 5.92. The van der Waals surface area contributed by atoms with Gasteiger partial charge in [-0.1, -0.05) is 128 Å². The predicted molar refractivity (Wildman–Crippen MR) is 155 cm³/mol. The molecule has 0 heterocycles. The Morgan fingerprint density at radius 3 is 1.63 bits per heavy atom. The van der Waals surface area contributed by atoms with Gasteiger partial charge in [-0.15, -0.1) is 0 Å². The van der Waals surface area contributed by atoms with Crippen LogP contribution in [0, 0.1) is 0 Å². The first-order valence-corrected chi connectivity index (χ1v) is 14.7. The van der Waals surface area contributed by atoms with Crippen LogP contribution in [0.4, 0.5) is 5.69 Å². The first-order valence-electron chi connectivity index (χ1n) is 14.7. The second kappa shape index (κ2) is 20.1. The zero-order chi connectivity index (χ0) is 24.8. The van der Waals surface area contributed by atoms with Crippen molar-refractivity contribution in [1.29, 1.82) is 0 Å². The average molecular weight is 478 g/mol. The molecule has 0 aliphatic carbocycles. The van der Waals surface area contributed by atoms with Gasteiger partial charge in [0.2, 0.25) is 0 Å². The molecule has 194 valence electrons. The number of nitrogens with zero attached hydrogens (tertiary/aromatic N) is 1. The zero-order valence-corrected chi connectivity index (χ0v) is 22.8. The molecule has 0 unspecified atom stereocenters. The van der Waals surface area contributed by atoms with Crippen LogP contribution < -0.4 is 4.74 Å². The van der Waals surface area contributed by atoms with Gasteiger partial charge < -0.3 is 4.74 Å².